The van der Waals surface area contributed by atoms with Gasteiger partial charge in [-0.15, -0.1) is 24.0 Å². The van der Waals surface area contributed by atoms with Gasteiger partial charge in [-0.3, -0.25) is 9.79 Å². The molecule has 2 rings (SSSR count). The average molecular weight is 472 g/mol. The highest BCUT2D eigenvalue weighted by Gasteiger charge is 2.42. The van der Waals surface area contributed by atoms with Crippen LogP contribution in [0.25, 0.3) is 0 Å². The molecular weight excluding hydrogens is 439 g/mol. The second kappa shape index (κ2) is 10.1. The van der Waals surface area contributed by atoms with Crippen LogP contribution >= 0.6 is 24.0 Å². The number of rotatable bonds is 5. The Hall–Kier alpha value is -1.31. The summed E-state index contributed by atoms with van der Waals surface area (Å²) in [5, 5.41) is 6.85. The Morgan fingerprint density at radius 3 is 2.42 bits per heavy atom. The standard InChI is InChI=1S/C20H32N4O.HI/c1-15-10-6-7-11-17(15)16(2)23-19(21-3)22-14-20(12-8-9-13-20)18(25)24(4)5;/h6-7,10-11,16H,8-9,12-14H2,1-5H3,(H2,21,22,23);1H. The zero-order chi connectivity index (χ0) is 18.4. The molecule has 5 nitrogen and oxygen atoms in total. The predicted molar refractivity (Wildman–Crippen MR) is 119 cm³/mol. The van der Waals surface area contributed by atoms with E-state index in [9.17, 15) is 4.79 Å². The van der Waals surface area contributed by atoms with Crippen LogP contribution in [0.2, 0.25) is 0 Å². The van der Waals surface area contributed by atoms with Crippen LogP contribution in [-0.2, 0) is 4.79 Å². The van der Waals surface area contributed by atoms with Crippen molar-refractivity contribution in [2.24, 2.45) is 10.4 Å². The Labute approximate surface area is 175 Å². The number of carbonyl (C=O) groups excluding carboxylic acids is 1. The number of nitrogens with zero attached hydrogens (tertiary/aromatic N) is 2. The minimum Gasteiger partial charge on any atom is -0.355 e. The number of guanidine groups is 1. The molecule has 0 heterocycles. The maximum Gasteiger partial charge on any atom is 0.230 e. The van der Waals surface area contributed by atoms with Crippen molar-refractivity contribution in [3.63, 3.8) is 0 Å². The number of amides is 1. The smallest absolute Gasteiger partial charge is 0.230 e. The van der Waals surface area contributed by atoms with Crippen LogP contribution in [0.5, 0.6) is 0 Å². The topological polar surface area (TPSA) is 56.7 Å². The van der Waals surface area contributed by atoms with E-state index in [1.54, 1.807) is 11.9 Å². The van der Waals surface area contributed by atoms with E-state index in [1.807, 2.05) is 14.1 Å². The molecule has 1 aliphatic rings. The number of hydrogen-bond donors (Lipinski definition) is 2. The van der Waals surface area contributed by atoms with Crippen LogP contribution in [0.1, 0.15) is 49.8 Å². The zero-order valence-electron chi connectivity index (χ0n) is 16.6. The Morgan fingerprint density at radius 1 is 1.27 bits per heavy atom. The quantitative estimate of drug-likeness (QED) is 0.392. The van der Waals surface area contributed by atoms with Gasteiger partial charge in [-0.25, -0.2) is 0 Å². The zero-order valence-corrected chi connectivity index (χ0v) is 19.0. The highest BCUT2D eigenvalue weighted by Crippen LogP contribution is 2.38. The Kier molecular flexibility index (Phi) is 8.86. The van der Waals surface area contributed by atoms with Crippen molar-refractivity contribution in [2.45, 2.75) is 45.6 Å². The van der Waals surface area contributed by atoms with E-state index < -0.39 is 0 Å². The summed E-state index contributed by atoms with van der Waals surface area (Å²) in [6.45, 7) is 4.88. The van der Waals surface area contributed by atoms with Gasteiger partial charge in [0.1, 0.15) is 0 Å². The van der Waals surface area contributed by atoms with E-state index in [0.29, 0.717) is 6.54 Å². The Balaban J connectivity index is 0.00000338. The van der Waals surface area contributed by atoms with Crippen LogP contribution in [0.4, 0.5) is 0 Å². The average Bonchev–Trinajstić information content (AvgIpc) is 3.08. The van der Waals surface area contributed by atoms with Gasteiger partial charge < -0.3 is 15.5 Å². The van der Waals surface area contributed by atoms with Gasteiger partial charge in [-0.05, 0) is 37.8 Å². The summed E-state index contributed by atoms with van der Waals surface area (Å²) < 4.78 is 0. The molecule has 1 aliphatic carbocycles. The van der Waals surface area contributed by atoms with Crippen molar-refractivity contribution < 1.29 is 4.79 Å². The lowest BCUT2D eigenvalue weighted by Gasteiger charge is -2.32. The van der Waals surface area contributed by atoms with E-state index in [4.69, 9.17) is 0 Å². The summed E-state index contributed by atoms with van der Waals surface area (Å²) in [7, 11) is 5.46. The highest BCUT2D eigenvalue weighted by atomic mass is 127. The van der Waals surface area contributed by atoms with Crippen molar-refractivity contribution in [3.05, 3.63) is 35.4 Å². The van der Waals surface area contributed by atoms with Gasteiger partial charge in [0.15, 0.2) is 5.96 Å². The van der Waals surface area contributed by atoms with Gasteiger partial charge >= 0.3 is 0 Å². The summed E-state index contributed by atoms with van der Waals surface area (Å²) in [6.07, 6.45) is 4.13. The number of nitrogens with one attached hydrogen (secondary N) is 2. The molecule has 1 saturated carbocycles. The van der Waals surface area contributed by atoms with Crippen LogP contribution in [0.15, 0.2) is 29.3 Å². The summed E-state index contributed by atoms with van der Waals surface area (Å²) in [4.78, 5) is 18.8. The largest absolute Gasteiger partial charge is 0.355 e. The molecule has 1 fully saturated rings. The first-order valence-corrected chi connectivity index (χ1v) is 9.14. The van der Waals surface area contributed by atoms with Crippen molar-refractivity contribution in [3.8, 4) is 0 Å². The first kappa shape index (κ1) is 22.7. The molecule has 1 atom stereocenters. The summed E-state index contributed by atoms with van der Waals surface area (Å²) in [5.74, 6) is 0.966. The van der Waals surface area contributed by atoms with Gasteiger partial charge in [0.2, 0.25) is 5.91 Å². The van der Waals surface area contributed by atoms with Crippen molar-refractivity contribution in [2.75, 3.05) is 27.7 Å². The lowest BCUT2D eigenvalue weighted by molar-refractivity contribution is -0.138. The molecule has 0 aliphatic heterocycles. The number of aliphatic imine (C=N–C) groups is 1. The fraction of sp³-hybridized carbons (Fsp3) is 0.600. The molecule has 26 heavy (non-hydrogen) atoms. The molecule has 0 radical (unpaired) electrons. The molecule has 0 saturated heterocycles. The second-order valence-corrected chi connectivity index (χ2v) is 7.34. The molecule has 1 unspecified atom stereocenters. The molecule has 0 bridgehead atoms. The molecule has 0 spiro atoms. The minimum atomic E-state index is -0.299. The molecule has 1 amide bonds. The summed E-state index contributed by atoms with van der Waals surface area (Å²) in [6, 6.07) is 8.51. The number of aryl methyl sites for hydroxylation is 1. The monoisotopic (exact) mass is 472 g/mol. The molecule has 146 valence electrons. The number of halogens is 1. The third-order valence-corrected chi connectivity index (χ3v) is 5.25. The van der Waals surface area contributed by atoms with Gasteiger partial charge in [0.25, 0.3) is 0 Å². The number of benzene rings is 1. The van der Waals surface area contributed by atoms with E-state index in [2.05, 4.69) is 53.7 Å². The predicted octanol–water partition coefficient (Wildman–Crippen LogP) is 3.49. The fourth-order valence-electron chi connectivity index (χ4n) is 3.80. The van der Waals surface area contributed by atoms with E-state index in [0.717, 1.165) is 31.6 Å². The maximum absolute atomic E-state index is 12.7. The van der Waals surface area contributed by atoms with E-state index >= 15 is 0 Å². The SMILES string of the molecule is CN=C(NCC1(C(=O)N(C)C)CCCC1)NC(C)c1ccccc1C.I. The van der Waals surface area contributed by atoms with E-state index in [1.165, 1.54) is 11.1 Å². The van der Waals surface area contributed by atoms with Gasteiger partial charge in [-0.2, -0.15) is 0 Å². The molecule has 2 N–H and O–H groups in total. The lowest BCUT2D eigenvalue weighted by atomic mass is 9.84. The first-order valence-electron chi connectivity index (χ1n) is 9.14. The minimum absolute atomic E-state index is 0. The van der Waals surface area contributed by atoms with Gasteiger partial charge in [0, 0.05) is 27.7 Å². The number of carbonyl (C=O) groups is 1. The molecule has 0 aromatic heterocycles. The normalized spacial score (nSPS) is 17.2. The van der Waals surface area contributed by atoms with Crippen molar-refractivity contribution in [1.29, 1.82) is 0 Å². The third kappa shape index (κ3) is 5.34. The Bertz CT molecular complexity index is 624. The first-order chi connectivity index (χ1) is 11.9. The van der Waals surface area contributed by atoms with Gasteiger partial charge in [0.05, 0.1) is 11.5 Å². The fourth-order valence-corrected chi connectivity index (χ4v) is 3.80. The molecular formula is C20H33IN4O. The lowest BCUT2D eigenvalue weighted by Crippen LogP contribution is -2.49. The van der Waals surface area contributed by atoms with Crippen molar-refractivity contribution >= 4 is 35.8 Å². The second-order valence-electron chi connectivity index (χ2n) is 7.34. The molecule has 6 heteroatoms. The van der Waals surface area contributed by atoms with Crippen molar-refractivity contribution in [1.82, 2.24) is 15.5 Å². The van der Waals surface area contributed by atoms with Crippen LogP contribution < -0.4 is 10.6 Å². The number of hydrogen-bond acceptors (Lipinski definition) is 2. The van der Waals surface area contributed by atoms with Crippen LogP contribution in [0.3, 0.4) is 0 Å². The Morgan fingerprint density at radius 2 is 1.88 bits per heavy atom. The molecule has 1 aromatic rings. The third-order valence-electron chi connectivity index (χ3n) is 5.25. The van der Waals surface area contributed by atoms with Gasteiger partial charge in [-0.1, -0.05) is 37.1 Å². The summed E-state index contributed by atoms with van der Waals surface area (Å²) >= 11 is 0. The van der Waals surface area contributed by atoms with Crippen LogP contribution in [0, 0.1) is 12.3 Å². The highest BCUT2D eigenvalue weighted by molar-refractivity contribution is 14.0. The van der Waals surface area contributed by atoms with Crippen LogP contribution in [-0.4, -0.2) is 44.5 Å². The maximum atomic E-state index is 12.7. The van der Waals surface area contributed by atoms with E-state index in [-0.39, 0.29) is 41.3 Å². The molecule has 1 aromatic carbocycles. The summed E-state index contributed by atoms with van der Waals surface area (Å²) in [5.41, 5.74) is 2.21.